The van der Waals surface area contributed by atoms with Crippen molar-refractivity contribution in [2.24, 2.45) is 5.73 Å². The average molecular weight is 177 g/mol. The molecule has 1 aliphatic rings. The second-order valence-electron chi connectivity index (χ2n) is 3.75. The van der Waals surface area contributed by atoms with Crippen LogP contribution in [0.2, 0.25) is 0 Å². The molecule has 2 rings (SSSR count). The van der Waals surface area contributed by atoms with E-state index in [2.05, 4.69) is 25.1 Å². The van der Waals surface area contributed by atoms with E-state index in [9.17, 15) is 0 Å². The Hall–Kier alpha value is -1.02. The van der Waals surface area contributed by atoms with Gasteiger partial charge in [0.1, 0.15) is 5.75 Å². The van der Waals surface area contributed by atoms with Gasteiger partial charge in [-0.25, -0.2) is 0 Å². The first kappa shape index (κ1) is 8.57. The summed E-state index contributed by atoms with van der Waals surface area (Å²) in [6.45, 7) is 2.07. The molecular weight excluding hydrogens is 162 g/mol. The maximum atomic E-state index is 5.80. The van der Waals surface area contributed by atoms with E-state index in [1.54, 1.807) is 7.11 Å². The van der Waals surface area contributed by atoms with Crippen LogP contribution in [0.3, 0.4) is 0 Å². The highest BCUT2D eigenvalue weighted by molar-refractivity contribution is 5.43. The Kier molecular flexibility index (Phi) is 2.00. The lowest BCUT2D eigenvalue weighted by atomic mass is 10.1. The Morgan fingerprint density at radius 3 is 2.69 bits per heavy atom. The van der Waals surface area contributed by atoms with Gasteiger partial charge in [-0.05, 0) is 30.5 Å². The van der Waals surface area contributed by atoms with Crippen LogP contribution >= 0.6 is 0 Å². The summed E-state index contributed by atoms with van der Waals surface area (Å²) in [6.07, 6.45) is 1.10. The largest absolute Gasteiger partial charge is 0.496 e. The molecule has 0 amide bonds. The quantitative estimate of drug-likeness (QED) is 0.747. The molecular formula is C11H15NO. The molecule has 0 aliphatic heterocycles. The molecule has 0 saturated heterocycles. The Labute approximate surface area is 78.7 Å². The molecule has 2 atom stereocenters. The van der Waals surface area contributed by atoms with Gasteiger partial charge in [0, 0.05) is 12.0 Å². The average Bonchev–Trinajstić information content (AvgIpc) is 2.82. The lowest BCUT2D eigenvalue weighted by molar-refractivity contribution is 0.409. The van der Waals surface area contributed by atoms with Crippen LogP contribution in [0.25, 0.3) is 0 Å². The Bertz CT molecular complexity index is 322. The van der Waals surface area contributed by atoms with Gasteiger partial charge >= 0.3 is 0 Å². The molecule has 0 heterocycles. The second kappa shape index (κ2) is 3.04. The standard InChI is InChI=1S/C11H15NO/c1-7-3-4-8(9-6-10(9)12)11(5-7)13-2/h3-5,9-10H,6,12H2,1-2H3. The van der Waals surface area contributed by atoms with Crippen molar-refractivity contribution < 1.29 is 4.74 Å². The summed E-state index contributed by atoms with van der Waals surface area (Å²) >= 11 is 0. The van der Waals surface area contributed by atoms with Crippen molar-refractivity contribution in [3.05, 3.63) is 29.3 Å². The van der Waals surface area contributed by atoms with Gasteiger partial charge in [0.05, 0.1) is 7.11 Å². The smallest absolute Gasteiger partial charge is 0.122 e. The van der Waals surface area contributed by atoms with E-state index in [1.807, 2.05) is 0 Å². The van der Waals surface area contributed by atoms with Crippen LogP contribution in [-0.2, 0) is 0 Å². The highest BCUT2D eigenvalue weighted by atomic mass is 16.5. The van der Waals surface area contributed by atoms with Gasteiger partial charge in [-0.1, -0.05) is 12.1 Å². The lowest BCUT2D eigenvalue weighted by Gasteiger charge is -2.08. The number of hydrogen-bond donors (Lipinski definition) is 1. The molecule has 1 aromatic rings. The SMILES string of the molecule is COc1cc(C)ccc1C1CC1N. The first-order valence-corrected chi connectivity index (χ1v) is 4.62. The molecule has 1 fully saturated rings. The molecule has 0 aromatic heterocycles. The van der Waals surface area contributed by atoms with Crippen LogP contribution in [0.1, 0.15) is 23.5 Å². The van der Waals surface area contributed by atoms with E-state index < -0.39 is 0 Å². The minimum Gasteiger partial charge on any atom is -0.496 e. The molecule has 2 heteroatoms. The number of ether oxygens (including phenoxy) is 1. The van der Waals surface area contributed by atoms with Crippen LogP contribution < -0.4 is 10.5 Å². The van der Waals surface area contributed by atoms with Gasteiger partial charge in [-0.3, -0.25) is 0 Å². The summed E-state index contributed by atoms with van der Waals surface area (Å²) in [5, 5.41) is 0. The molecule has 0 radical (unpaired) electrons. The third-order valence-corrected chi connectivity index (χ3v) is 2.63. The molecule has 1 aliphatic carbocycles. The number of methoxy groups -OCH3 is 1. The monoisotopic (exact) mass is 177 g/mol. The van der Waals surface area contributed by atoms with Crippen molar-refractivity contribution in [2.45, 2.75) is 25.3 Å². The Morgan fingerprint density at radius 2 is 2.15 bits per heavy atom. The fraction of sp³-hybridized carbons (Fsp3) is 0.455. The van der Waals surface area contributed by atoms with E-state index in [4.69, 9.17) is 10.5 Å². The highest BCUT2D eigenvalue weighted by Crippen LogP contribution is 2.43. The van der Waals surface area contributed by atoms with Gasteiger partial charge in [-0.15, -0.1) is 0 Å². The van der Waals surface area contributed by atoms with Crippen LogP contribution in [0.15, 0.2) is 18.2 Å². The number of benzene rings is 1. The minimum absolute atomic E-state index is 0.344. The van der Waals surface area contributed by atoms with Crippen molar-refractivity contribution in [1.82, 2.24) is 0 Å². The summed E-state index contributed by atoms with van der Waals surface area (Å²) in [5.41, 5.74) is 8.30. The van der Waals surface area contributed by atoms with Gasteiger partial charge in [0.2, 0.25) is 0 Å². The normalized spacial score (nSPS) is 25.8. The van der Waals surface area contributed by atoms with E-state index in [-0.39, 0.29) is 0 Å². The van der Waals surface area contributed by atoms with E-state index in [1.165, 1.54) is 11.1 Å². The van der Waals surface area contributed by atoms with E-state index >= 15 is 0 Å². The Balaban J connectivity index is 2.34. The molecule has 70 valence electrons. The molecule has 0 bridgehead atoms. The van der Waals surface area contributed by atoms with Crippen molar-refractivity contribution >= 4 is 0 Å². The van der Waals surface area contributed by atoms with Gasteiger partial charge in [0.15, 0.2) is 0 Å². The topological polar surface area (TPSA) is 35.2 Å². The minimum atomic E-state index is 0.344. The molecule has 13 heavy (non-hydrogen) atoms. The third-order valence-electron chi connectivity index (χ3n) is 2.63. The Morgan fingerprint density at radius 1 is 1.46 bits per heavy atom. The first-order chi connectivity index (χ1) is 6.22. The van der Waals surface area contributed by atoms with Crippen LogP contribution in [0, 0.1) is 6.92 Å². The summed E-state index contributed by atoms with van der Waals surface area (Å²) < 4.78 is 5.32. The van der Waals surface area contributed by atoms with Crippen molar-refractivity contribution in [3.63, 3.8) is 0 Å². The summed E-state index contributed by atoms with van der Waals surface area (Å²) in [4.78, 5) is 0. The number of rotatable bonds is 2. The molecule has 1 saturated carbocycles. The third kappa shape index (κ3) is 1.54. The number of nitrogens with two attached hydrogens (primary N) is 1. The van der Waals surface area contributed by atoms with Crippen LogP contribution in [0.5, 0.6) is 5.75 Å². The predicted octanol–water partition coefficient (Wildman–Crippen LogP) is 1.82. The molecule has 2 N–H and O–H groups in total. The van der Waals surface area contributed by atoms with Gasteiger partial charge in [-0.2, -0.15) is 0 Å². The van der Waals surface area contributed by atoms with Gasteiger partial charge < -0.3 is 10.5 Å². The van der Waals surface area contributed by atoms with Crippen LogP contribution in [-0.4, -0.2) is 13.2 Å². The van der Waals surface area contributed by atoms with Crippen molar-refractivity contribution in [2.75, 3.05) is 7.11 Å². The van der Waals surface area contributed by atoms with E-state index in [0.29, 0.717) is 12.0 Å². The second-order valence-corrected chi connectivity index (χ2v) is 3.75. The van der Waals surface area contributed by atoms with Crippen molar-refractivity contribution in [3.8, 4) is 5.75 Å². The maximum Gasteiger partial charge on any atom is 0.122 e. The lowest BCUT2D eigenvalue weighted by Crippen LogP contribution is -2.02. The molecule has 2 unspecified atom stereocenters. The fourth-order valence-corrected chi connectivity index (χ4v) is 1.70. The molecule has 1 aromatic carbocycles. The summed E-state index contributed by atoms with van der Waals surface area (Å²) in [5.74, 6) is 1.51. The zero-order valence-electron chi connectivity index (χ0n) is 8.08. The zero-order valence-corrected chi connectivity index (χ0v) is 8.08. The fourth-order valence-electron chi connectivity index (χ4n) is 1.70. The molecule has 0 spiro atoms. The molecule has 2 nitrogen and oxygen atoms in total. The van der Waals surface area contributed by atoms with Crippen molar-refractivity contribution in [1.29, 1.82) is 0 Å². The van der Waals surface area contributed by atoms with Gasteiger partial charge in [0.25, 0.3) is 0 Å². The number of hydrogen-bond acceptors (Lipinski definition) is 2. The zero-order chi connectivity index (χ0) is 9.42. The predicted molar refractivity (Wildman–Crippen MR) is 53.1 cm³/mol. The summed E-state index contributed by atoms with van der Waals surface area (Å²) in [7, 11) is 1.71. The first-order valence-electron chi connectivity index (χ1n) is 4.62. The van der Waals surface area contributed by atoms with E-state index in [0.717, 1.165) is 12.2 Å². The highest BCUT2D eigenvalue weighted by Gasteiger charge is 2.36. The number of aryl methyl sites for hydroxylation is 1. The van der Waals surface area contributed by atoms with Crippen LogP contribution in [0.4, 0.5) is 0 Å². The maximum absolute atomic E-state index is 5.80. The summed E-state index contributed by atoms with van der Waals surface area (Å²) in [6, 6.07) is 6.66.